The molecule has 1 amide bonds. The number of hydrogen-bond acceptors (Lipinski definition) is 5. The van der Waals surface area contributed by atoms with Crippen molar-refractivity contribution >= 4 is 17.4 Å². The average molecular weight is 340 g/mol. The first kappa shape index (κ1) is 16.1. The lowest BCUT2D eigenvalue weighted by molar-refractivity contribution is -0.117. The van der Waals surface area contributed by atoms with Crippen molar-refractivity contribution in [3.8, 4) is 0 Å². The van der Waals surface area contributed by atoms with Gasteiger partial charge in [-0.1, -0.05) is 20.8 Å². The van der Waals surface area contributed by atoms with Crippen molar-refractivity contribution in [1.82, 2.24) is 20.0 Å². The van der Waals surface area contributed by atoms with Gasteiger partial charge in [0.1, 0.15) is 0 Å². The van der Waals surface area contributed by atoms with Gasteiger partial charge in [0.2, 0.25) is 5.91 Å². The first-order chi connectivity index (χ1) is 11.9. The maximum Gasteiger partial charge on any atom is 0.227 e. The monoisotopic (exact) mass is 340 g/mol. The predicted octanol–water partition coefficient (Wildman–Crippen LogP) is 2.16. The molecule has 0 N–H and O–H groups in total. The van der Waals surface area contributed by atoms with Crippen LogP contribution in [0.3, 0.4) is 0 Å². The molecule has 0 spiro atoms. The molecule has 7 heteroatoms. The fourth-order valence-corrected chi connectivity index (χ4v) is 3.29. The van der Waals surface area contributed by atoms with E-state index in [-0.39, 0.29) is 11.3 Å². The average Bonchev–Trinajstić information content (AvgIpc) is 3.14. The van der Waals surface area contributed by atoms with Crippen molar-refractivity contribution in [2.75, 3.05) is 29.4 Å². The van der Waals surface area contributed by atoms with Crippen molar-refractivity contribution in [1.29, 1.82) is 0 Å². The summed E-state index contributed by atoms with van der Waals surface area (Å²) in [6, 6.07) is 4.41. The summed E-state index contributed by atoms with van der Waals surface area (Å²) in [6.07, 6.45) is 5.36. The van der Waals surface area contributed by atoms with Crippen LogP contribution in [0.25, 0.3) is 0 Å². The van der Waals surface area contributed by atoms with Crippen molar-refractivity contribution in [3.63, 3.8) is 0 Å². The van der Waals surface area contributed by atoms with Crippen LogP contribution in [0.2, 0.25) is 0 Å². The molecule has 0 aromatic carbocycles. The molecule has 0 radical (unpaired) electrons. The SMILES string of the molecule is CC(C)(C)c1ccc(N2CC(n3cc(N4CCCC4=O)cn3)C2)nn1. The summed E-state index contributed by atoms with van der Waals surface area (Å²) in [4.78, 5) is 15.9. The van der Waals surface area contributed by atoms with Gasteiger partial charge in [0, 0.05) is 37.7 Å². The van der Waals surface area contributed by atoms with Gasteiger partial charge in [-0.05, 0) is 18.6 Å². The van der Waals surface area contributed by atoms with Gasteiger partial charge in [-0.3, -0.25) is 9.48 Å². The Hall–Kier alpha value is -2.44. The van der Waals surface area contributed by atoms with Crippen molar-refractivity contribution in [2.45, 2.75) is 45.1 Å². The van der Waals surface area contributed by atoms with Crippen LogP contribution < -0.4 is 9.80 Å². The van der Waals surface area contributed by atoms with E-state index in [9.17, 15) is 4.79 Å². The van der Waals surface area contributed by atoms with Gasteiger partial charge in [0.25, 0.3) is 0 Å². The molecule has 7 nitrogen and oxygen atoms in total. The van der Waals surface area contributed by atoms with Crippen molar-refractivity contribution in [2.24, 2.45) is 0 Å². The summed E-state index contributed by atoms with van der Waals surface area (Å²) < 4.78 is 1.97. The number of aromatic nitrogens is 4. The minimum Gasteiger partial charge on any atom is -0.351 e. The second-order valence-corrected chi connectivity index (χ2v) is 7.91. The zero-order chi connectivity index (χ0) is 17.6. The standard InChI is InChI=1S/C18H24N6O/c1-18(2,3)15-6-7-16(21-20-15)22-10-14(11-22)24-12-13(9-19-24)23-8-4-5-17(23)25/h6-7,9,12,14H,4-5,8,10-11H2,1-3H3. The lowest BCUT2D eigenvalue weighted by atomic mass is 9.92. The number of rotatable bonds is 3. The topological polar surface area (TPSA) is 67.2 Å². The third-order valence-corrected chi connectivity index (χ3v) is 4.95. The molecule has 2 fully saturated rings. The maximum atomic E-state index is 11.8. The molecule has 0 bridgehead atoms. The van der Waals surface area contributed by atoms with Gasteiger partial charge in [-0.2, -0.15) is 10.2 Å². The smallest absolute Gasteiger partial charge is 0.227 e. The van der Waals surface area contributed by atoms with Gasteiger partial charge >= 0.3 is 0 Å². The quantitative estimate of drug-likeness (QED) is 0.856. The summed E-state index contributed by atoms with van der Waals surface area (Å²) >= 11 is 0. The van der Waals surface area contributed by atoms with E-state index in [4.69, 9.17) is 0 Å². The summed E-state index contributed by atoms with van der Waals surface area (Å²) in [7, 11) is 0. The lowest BCUT2D eigenvalue weighted by Gasteiger charge is -2.39. The van der Waals surface area contributed by atoms with Gasteiger partial charge in [-0.15, -0.1) is 5.10 Å². The highest BCUT2D eigenvalue weighted by Crippen LogP contribution is 2.29. The van der Waals surface area contributed by atoms with Crippen LogP contribution in [0.15, 0.2) is 24.5 Å². The van der Waals surface area contributed by atoms with E-state index in [1.807, 2.05) is 21.8 Å². The molecule has 0 aliphatic carbocycles. The third-order valence-electron chi connectivity index (χ3n) is 4.95. The molecule has 2 aliphatic rings. The zero-order valence-electron chi connectivity index (χ0n) is 15.0. The van der Waals surface area contributed by atoms with Crippen LogP contribution in [0, 0.1) is 0 Å². The summed E-state index contributed by atoms with van der Waals surface area (Å²) in [5.74, 6) is 1.11. The minimum absolute atomic E-state index is 0.0154. The van der Waals surface area contributed by atoms with Crippen molar-refractivity contribution in [3.05, 3.63) is 30.2 Å². The Morgan fingerprint density at radius 3 is 2.56 bits per heavy atom. The molecule has 2 saturated heterocycles. The summed E-state index contributed by atoms with van der Waals surface area (Å²) in [5.41, 5.74) is 1.93. The van der Waals surface area contributed by atoms with Gasteiger partial charge in [0.15, 0.2) is 5.82 Å². The number of carbonyl (C=O) groups is 1. The molecule has 0 saturated carbocycles. The highest BCUT2D eigenvalue weighted by molar-refractivity contribution is 5.95. The highest BCUT2D eigenvalue weighted by atomic mass is 16.2. The second-order valence-electron chi connectivity index (χ2n) is 7.91. The van der Waals surface area contributed by atoms with E-state index in [0.717, 1.165) is 43.3 Å². The summed E-state index contributed by atoms with van der Waals surface area (Å²) in [6.45, 7) is 8.93. The largest absolute Gasteiger partial charge is 0.351 e. The van der Waals surface area contributed by atoms with Crippen LogP contribution in [-0.4, -0.2) is 45.5 Å². The number of nitrogens with zero attached hydrogens (tertiary/aromatic N) is 6. The molecule has 4 rings (SSSR count). The molecule has 4 heterocycles. The first-order valence-corrected chi connectivity index (χ1v) is 8.85. The Morgan fingerprint density at radius 2 is 1.96 bits per heavy atom. The molecular formula is C18H24N6O. The van der Waals surface area contributed by atoms with E-state index < -0.39 is 0 Å². The van der Waals surface area contributed by atoms with Crippen LogP contribution in [0.5, 0.6) is 0 Å². The highest BCUT2D eigenvalue weighted by Gasteiger charge is 2.31. The third kappa shape index (κ3) is 2.99. The van der Waals surface area contributed by atoms with Crippen LogP contribution in [0.4, 0.5) is 11.5 Å². The van der Waals surface area contributed by atoms with E-state index in [2.05, 4.69) is 47.0 Å². The Morgan fingerprint density at radius 1 is 1.16 bits per heavy atom. The molecule has 132 valence electrons. The molecule has 2 aromatic rings. The molecular weight excluding hydrogens is 316 g/mol. The number of amides is 1. The van der Waals surface area contributed by atoms with E-state index in [1.54, 1.807) is 6.20 Å². The Kier molecular flexibility index (Phi) is 3.74. The van der Waals surface area contributed by atoms with E-state index in [1.165, 1.54) is 0 Å². The molecule has 2 aromatic heterocycles. The second kappa shape index (κ2) is 5.82. The normalized spacial score (nSPS) is 18.8. The molecule has 0 unspecified atom stereocenters. The number of hydrogen-bond donors (Lipinski definition) is 0. The van der Waals surface area contributed by atoms with E-state index in [0.29, 0.717) is 12.5 Å². The van der Waals surface area contributed by atoms with Crippen molar-refractivity contribution < 1.29 is 4.79 Å². The van der Waals surface area contributed by atoms with Crippen LogP contribution >= 0.6 is 0 Å². The number of anilines is 2. The summed E-state index contributed by atoms with van der Waals surface area (Å²) in [5, 5.41) is 13.2. The van der Waals surface area contributed by atoms with Gasteiger partial charge < -0.3 is 9.80 Å². The Labute approximate surface area is 147 Å². The first-order valence-electron chi connectivity index (χ1n) is 8.85. The Bertz CT molecular complexity index is 770. The Balaban J connectivity index is 1.39. The maximum absolute atomic E-state index is 11.8. The minimum atomic E-state index is 0.0154. The van der Waals surface area contributed by atoms with E-state index >= 15 is 0 Å². The van der Waals surface area contributed by atoms with Crippen LogP contribution in [-0.2, 0) is 10.2 Å². The molecule has 2 aliphatic heterocycles. The number of carbonyl (C=O) groups excluding carboxylic acids is 1. The fourth-order valence-electron chi connectivity index (χ4n) is 3.29. The van der Waals surface area contributed by atoms with Crippen LogP contribution in [0.1, 0.15) is 45.3 Å². The zero-order valence-corrected chi connectivity index (χ0v) is 15.0. The van der Waals surface area contributed by atoms with Gasteiger partial charge in [-0.25, -0.2) is 0 Å². The fraction of sp³-hybridized carbons (Fsp3) is 0.556. The molecule has 25 heavy (non-hydrogen) atoms. The van der Waals surface area contributed by atoms with Gasteiger partial charge in [0.05, 0.1) is 23.6 Å². The molecule has 0 atom stereocenters. The lowest BCUT2D eigenvalue weighted by Crippen LogP contribution is -2.48. The predicted molar refractivity (Wildman–Crippen MR) is 95.8 cm³/mol.